The number of carbonyl (C=O) groups is 1. The first-order valence-electron chi connectivity index (χ1n) is 12.4. The summed E-state index contributed by atoms with van der Waals surface area (Å²) in [5.74, 6) is 1.29. The van der Waals surface area contributed by atoms with Gasteiger partial charge in [0.05, 0.1) is 47.2 Å². The molecule has 4 rings (SSSR count). The molecule has 1 aliphatic rings. The van der Waals surface area contributed by atoms with Crippen LogP contribution in [0.2, 0.25) is 0 Å². The summed E-state index contributed by atoms with van der Waals surface area (Å²) in [6, 6.07) is 12.3. The van der Waals surface area contributed by atoms with Crippen LogP contribution in [0.3, 0.4) is 0 Å². The zero-order valence-electron chi connectivity index (χ0n) is 22.8. The van der Waals surface area contributed by atoms with Crippen LogP contribution in [0.25, 0.3) is 11.1 Å². The number of aliphatic hydroxyl groups is 1. The predicted molar refractivity (Wildman–Crippen MR) is 143 cm³/mol. The van der Waals surface area contributed by atoms with Crippen molar-refractivity contribution in [3.63, 3.8) is 0 Å². The largest absolute Gasteiger partial charge is 0.493 e. The van der Waals surface area contributed by atoms with Gasteiger partial charge in [0.15, 0.2) is 23.0 Å². The van der Waals surface area contributed by atoms with E-state index in [1.54, 1.807) is 37.4 Å². The molecule has 0 amide bonds. The molecule has 3 atom stereocenters. The SMILES string of the molecule is COc1cc2c(c(OC)c1OC)-c1c(cc(OC)c(OC)c1OC(=O)c1ccccc1)[C@H](O)[C@@H](C)[C@H](C)C2. The summed E-state index contributed by atoms with van der Waals surface area (Å²) in [4.78, 5) is 13.4. The van der Waals surface area contributed by atoms with Crippen molar-refractivity contribution in [3.8, 4) is 45.6 Å². The molecule has 1 N–H and O–H groups in total. The normalized spacial score (nSPS) is 18.3. The minimum atomic E-state index is -0.903. The van der Waals surface area contributed by atoms with E-state index in [2.05, 4.69) is 6.92 Å². The van der Waals surface area contributed by atoms with Crippen molar-refractivity contribution >= 4 is 5.97 Å². The van der Waals surface area contributed by atoms with Crippen LogP contribution in [0.15, 0.2) is 42.5 Å². The Labute approximate surface area is 223 Å². The van der Waals surface area contributed by atoms with Crippen molar-refractivity contribution in [2.75, 3.05) is 35.5 Å². The average Bonchev–Trinajstić information content (AvgIpc) is 2.94. The number of aliphatic hydroxyl groups excluding tert-OH is 1. The molecule has 0 saturated carbocycles. The predicted octanol–water partition coefficient (Wildman–Crippen LogP) is 5.48. The van der Waals surface area contributed by atoms with Crippen molar-refractivity contribution in [2.45, 2.75) is 26.4 Å². The molecule has 0 aromatic heterocycles. The molecule has 0 unspecified atom stereocenters. The van der Waals surface area contributed by atoms with Gasteiger partial charge in [-0.3, -0.25) is 0 Å². The third kappa shape index (κ3) is 4.60. The van der Waals surface area contributed by atoms with Crippen molar-refractivity contribution in [1.82, 2.24) is 0 Å². The smallest absolute Gasteiger partial charge is 0.343 e. The number of ether oxygens (including phenoxy) is 6. The third-order valence-electron chi connectivity index (χ3n) is 7.28. The van der Waals surface area contributed by atoms with Crippen LogP contribution in [0, 0.1) is 11.8 Å². The van der Waals surface area contributed by atoms with E-state index < -0.39 is 12.1 Å². The van der Waals surface area contributed by atoms with Crippen molar-refractivity contribution < 1.29 is 38.3 Å². The summed E-state index contributed by atoms with van der Waals surface area (Å²) < 4.78 is 34.7. The Kier molecular flexibility index (Phi) is 8.02. The lowest BCUT2D eigenvalue weighted by molar-refractivity contribution is 0.0722. The molecule has 1 aliphatic carbocycles. The van der Waals surface area contributed by atoms with E-state index >= 15 is 0 Å². The first-order chi connectivity index (χ1) is 18.3. The van der Waals surface area contributed by atoms with Gasteiger partial charge >= 0.3 is 5.97 Å². The van der Waals surface area contributed by atoms with Gasteiger partial charge < -0.3 is 33.5 Å². The van der Waals surface area contributed by atoms with Gasteiger partial charge in [0, 0.05) is 11.1 Å². The van der Waals surface area contributed by atoms with Gasteiger partial charge in [0.2, 0.25) is 11.5 Å². The molecule has 0 heterocycles. The topological polar surface area (TPSA) is 92.7 Å². The second-order valence-electron chi connectivity index (χ2n) is 9.33. The fourth-order valence-electron chi connectivity index (χ4n) is 5.06. The highest BCUT2D eigenvalue weighted by molar-refractivity contribution is 5.95. The maximum absolute atomic E-state index is 13.4. The minimum Gasteiger partial charge on any atom is -0.493 e. The summed E-state index contributed by atoms with van der Waals surface area (Å²) in [6.07, 6.45) is -0.302. The Balaban J connectivity index is 2.15. The lowest BCUT2D eigenvalue weighted by Crippen LogP contribution is -2.23. The number of fused-ring (bicyclic) bond motifs is 3. The highest BCUT2D eigenvalue weighted by atomic mass is 16.6. The highest BCUT2D eigenvalue weighted by Crippen LogP contribution is 2.57. The lowest BCUT2D eigenvalue weighted by atomic mass is 9.76. The van der Waals surface area contributed by atoms with Gasteiger partial charge in [-0.1, -0.05) is 32.0 Å². The maximum Gasteiger partial charge on any atom is 0.343 e. The van der Waals surface area contributed by atoms with E-state index in [0.717, 1.165) is 5.56 Å². The Hall–Kier alpha value is -3.91. The molecule has 0 bridgehead atoms. The molecule has 0 fully saturated rings. The summed E-state index contributed by atoms with van der Waals surface area (Å²) in [5.41, 5.74) is 2.85. The van der Waals surface area contributed by atoms with E-state index in [1.807, 2.05) is 19.1 Å². The summed E-state index contributed by atoms with van der Waals surface area (Å²) in [7, 11) is 7.60. The van der Waals surface area contributed by atoms with E-state index in [4.69, 9.17) is 28.4 Å². The number of hydrogen-bond acceptors (Lipinski definition) is 8. The molecular formula is C30H34O8. The molecule has 0 spiro atoms. The standard InChI is InChI=1S/C30H34O8/c1-16-13-19-14-21(33-3)26(35-5)28(37-7)23(19)24-20(25(31)17(16)2)15-22(34-4)27(36-6)29(24)38-30(32)18-11-9-8-10-12-18/h8-12,14-17,25,31H,13H2,1-7H3/t16-,17+,25-/m1/s1. The Morgan fingerprint density at radius 3 is 1.92 bits per heavy atom. The highest BCUT2D eigenvalue weighted by Gasteiger charge is 2.37. The zero-order valence-corrected chi connectivity index (χ0v) is 22.8. The van der Waals surface area contributed by atoms with Crippen molar-refractivity contribution in [2.24, 2.45) is 11.8 Å². The summed E-state index contributed by atoms with van der Waals surface area (Å²) in [5, 5.41) is 11.6. The molecule has 202 valence electrons. The molecule has 0 radical (unpaired) electrons. The number of rotatable bonds is 7. The first-order valence-corrected chi connectivity index (χ1v) is 12.4. The Bertz CT molecular complexity index is 1320. The molecule has 3 aromatic rings. The van der Waals surface area contributed by atoms with Crippen LogP contribution in [0.5, 0.6) is 34.5 Å². The molecule has 3 aromatic carbocycles. The lowest BCUT2D eigenvalue weighted by Gasteiger charge is -2.33. The van der Waals surface area contributed by atoms with Crippen LogP contribution in [-0.4, -0.2) is 46.6 Å². The molecule has 38 heavy (non-hydrogen) atoms. The Morgan fingerprint density at radius 2 is 1.34 bits per heavy atom. The minimum absolute atomic E-state index is 0.0862. The van der Waals surface area contributed by atoms with Crippen molar-refractivity contribution in [3.05, 3.63) is 59.2 Å². The molecule has 8 heteroatoms. The van der Waals surface area contributed by atoms with Gasteiger partial charge in [-0.2, -0.15) is 0 Å². The summed E-state index contributed by atoms with van der Waals surface area (Å²) in [6.45, 7) is 4.08. The van der Waals surface area contributed by atoms with E-state index in [9.17, 15) is 9.90 Å². The van der Waals surface area contributed by atoms with Crippen LogP contribution >= 0.6 is 0 Å². The maximum atomic E-state index is 13.4. The quantitative estimate of drug-likeness (QED) is 0.322. The Morgan fingerprint density at radius 1 is 0.763 bits per heavy atom. The fraction of sp³-hybridized carbons (Fsp3) is 0.367. The second kappa shape index (κ2) is 11.2. The number of hydrogen-bond donors (Lipinski definition) is 1. The van der Waals surface area contributed by atoms with Crippen LogP contribution < -0.4 is 28.4 Å². The van der Waals surface area contributed by atoms with Crippen molar-refractivity contribution in [1.29, 1.82) is 0 Å². The molecule has 0 aliphatic heterocycles. The second-order valence-corrected chi connectivity index (χ2v) is 9.33. The van der Waals surface area contributed by atoms with E-state index in [-0.39, 0.29) is 23.3 Å². The number of esters is 1. The monoisotopic (exact) mass is 522 g/mol. The van der Waals surface area contributed by atoms with Crippen LogP contribution in [-0.2, 0) is 6.42 Å². The van der Waals surface area contributed by atoms with Crippen LogP contribution in [0.1, 0.15) is 41.4 Å². The molecule has 0 saturated heterocycles. The van der Waals surface area contributed by atoms with Gasteiger partial charge in [0.1, 0.15) is 0 Å². The van der Waals surface area contributed by atoms with Gasteiger partial charge in [-0.05, 0) is 53.6 Å². The molecular weight excluding hydrogens is 488 g/mol. The van der Waals surface area contributed by atoms with Crippen LogP contribution in [0.4, 0.5) is 0 Å². The van der Waals surface area contributed by atoms with Gasteiger partial charge in [-0.15, -0.1) is 0 Å². The number of methoxy groups -OCH3 is 5. The number of carbonyl (C=O) groups excluding carboxylic acids is 1. The third-order valence-corrected chi connectivity index (χ3v) is 7.28. The first kappa shape index (κ1) is 27.1. The molecule has 8 nitrogen and oxygen atoms in total. The summed E-state index contributed by atoms with van der Waals surface area (Å²) >= 11 is 0. The zero-order chi connectivity index (χ0) is 27.6. The van der Waals surface area contributed by atoms with E-state index in [0.29, 0.717) is 51.7 Å². The van der Waals surface area contributed by atoms with Gasteiger partial charge in [-0.25, -0.2) is 4.79 Å². The fourth-order valence-corrected chi connectivity index (χ4v) is 5.06. The average molecular weight is 523 g/mol. The number of benzene rings is 3. The van der Waals surface area contributed by atoms with E-state index in [1.165, 1.54) is 28.4 Å². The van der Waals surface area contributed by atoms with Gasteiger partial charge in [0.25, 0.3) is 0 Å².